The van der Waals surface area contributed by atoms with Crippen LogP contribution in [0.3, 0.4) is 0 Å². The van der Waals surface area contributed by atoms with Crippen LogP contribution in [0.25, 0.3) is 0 Å². The number of aliphatic hydroxyl groups is 1. The Morgan fingerprint density at radius 3 is 2.66 bits per heavy atom. The minimum absolute atomic E-state index is 0.00518. The van der Waals surface area contributed by atoms with Crippen LogP contribution >= 0.6 is 0 Å². The smallest absolute Gasteiger partial charge is 0.222 e. The monoisotopic (exact) mass is 440 g/mol. The SMILES string of the molecule is CC(C)C(=O)N[C@H]1C(C)(C)[C@@H]2C[C@@H]3[C@@H](c4ccccc4N4CCC(O)CC4)OCC[C@@]31C2. The van der Waals surface area contributed by atoms with Gasteiger partial charge in [-0.3, -0.25) is 4.79 Å². The summed E-state index contributed by atoms with van der Waals surface area (Å²) in [5.74, 6) is 1.24. The van der Waals surface area contributed by atoms with E-state index < -0.39 is 0 Å². The van der Waals surface area contributed by atoms with Crippen LogP contribution in [0.15, 0.2) is 24.3 Å². The third-order valence-electron chi connectivity index (χ3n) is 9.36. The number of rotatable bonds is 4. The molecule has 0 radical (unpaired) electrons. The Balaban J connectivity index is 1.47. The first kappa shape index (κ1) is 22.2. The number of anilines is 1. The van der Waals surface area contributed by atoms with Gasteiger partial charge in [0.05, 0.1) is 12.2 Å². The number of hydrogen-bond donors (Lipinski definition) is 2. The van der Waals surface area contributed by atoms with Crippen molar-refractivity contribution < 1.29 is 14.6 Å². The Labute approximate surface area is 192 Å². The van der Waals surface area contributed by atoms with Gasteiger partial charge < -0.3 is 20.1 Å². The summed E-state index contributed by atoms with van der Waals surface area (Å²) in [5, 5.41) is 13.5. The Hall–Kier alpha value is -1.59. The van der Waals surface area contributed by atoms with Gasteiger partial charge in [0.15, 0.2) is 0 Å². The van der Waals surface area contributed by atoms with Crippen molar-refractivity contribution in [2.45, 2.75) is 78.0 Å². The van der Waals surface area contributed by atoms with E-state index in [1.165, 1.54) is 24.1 Å². The molecule has 0 aromatic heterocycles. The normalized spacial score (nSPS) is 36.4. The Kier molecular flexibility index (Phi) is 5.57. The number of aliphatic hydroxyl groups excluding tert-OH is 1. The quantitative estimate of drug-likeness (QED) is 0.733. The van der Waals surface area contributed by atoms with E-state index in [1.54, 1.807) is 0 Å². The van der Waals surface area contributed by atoms with Crippen LogP contribution in [0.1, 0.15) is 71.5 Å². The molecule has 0 unspecified atom stereocenters. The molecule has 176 valence electrons. The van der Waals surface area contributed by atoms with Crippen LogP contribution in [0.5, 0.6) is 0 Å². The first-order chi connectivity index (χ1) is 15.2. The molecule has 1 aromatic rings. The van der Waals surface area contributed by atoms with Crippen molar-refractivity contribution in [1.82, 2.24) is 5.32 Å². The molecule has 1 aromatic carbocycles. The molecular formula is C27H40N2O3. The summed E-state index contributed by atoms with van der Waals surface area (Å²) in [4.78, 5) is 15.2. The van der Waals surface area contributed by atoms with Crippen molar-refractivity contribution >= 4 is 11.6 Å². The molecule has 4 fully saturated rings. The second-order valence-electron chi connectivity index (χ2n) is 11.7. The lowest BCUT2D eigenvalue weighted by Gasteiger charge is -2.53. The van der Waals surface area contributed by atoms with Gasteiger partial charge in [-0.25, -0.2) is 0 Å². The molecule has 1 amide bonds. The summed E-state index contributed by atoms with van der Waals surface area (Å²) in [6.07, 6.45) is 4.97. The minimum Gasteiger partial charge on any atom is -0.393 e. The topological polar surface area (TPSA) is 61.8 Å². The predicted octanol–water partition coefficient (Wildman–Crippen LogP) is 4.30. The van der Waals surface area contributed by atoms with Gasteiger partial charge in [-0.2, -0.15) is 0 Å². The molecule has 1 spiro atoms. The number of carbonyl (C=O) groups is 1. The second kappa shape index (κ2) is 8.02. The lowest BCUT2D eigenvalue weighted by molar-refractivity contribution is -0.139. The van der Waals surface area contributed by atoms with Crippen molar-refractivity contribution in [1.29, 1.82) is 0 Å². The van der Waals surface area contributed by atoms with Gasteiger partial charge in [0.25, 0.3) is 0 Å². The van der Waals surface area contributed by atoms with Gasteiger partial charge in [-0.1, -0.05) is 45.9 Å². The summed E-state index contributed by atoms with van der Waals surface area (Å²) in [6, 6.07) is 8.95. The van der Waals surface area contributed by atoms with Gasteiger partial charge in [0.2, 0.25) is 5.91 Å². The average Bonchev–Trinajstić information content (AvgIpc) is 3.26. The summed E-state index contributed by atoms with van der Waals surface area (Å²) < 4.78 is 6.56. The number of amides is 1. The van der Waals surface area contributed by atoms with E-state index in [0.717, 1.165) is 39.0 Å². The van der Waals surface area contributed by atoms with Gasteiger partial charge in [-0.15, -0.1) is 0 Å². The first-order valence-corrected chi connectivity index (χ1v) is 12.7. The van der Waals surface area contributed by atoms with Crippen molar-refractivity contribution in [3.63, 3.8) is 0 Å². The highest BCUT2D eigenvalue weighted by Crippen LogP contribution is 2.70. The van der Waals surface area contributed by atoms with Crippen LogP contribution in [0.2, 0.25) is 0 Å². The largest absolute Gasteiger partial charge is 0.393 e. The average molecular weight is 441 g/mol. The molecule has 5 heteroatoms. The number of fused-ring (bicyclic) bond motifs is 1. The molecule has 2 bridgehead atoms. The van der Waals surface area contributed by atoms with Gasteiger partial charge in [0.1, 0.15) is 0 Å². The Bertz CT molecular complexity index is 860. The molecule has 2 heterocycles. The molecule has 2 N–H and O–H groups in total. The molecule has 5 atom stereocenters. The second-order valence-corrected chi connectivity index (χ2v) is 11.7. The van der Waals surface area contributed by atoms with E-state index in [4.69, 9.17) is 4.74 Å². The van der Waals surface area contributed by atoms with Crippen molar-refractivity contribution in [3.05, 3.63) is 29.8 Å². The molecule has 4 aliphatic rings. The standard InChI is InChI=1S/C27H40N2O3/c1-17(2)24(31)28-25-26(3,4)18-15-21-23(32-14-11-27(21,25)16-18)20-7-5-6-8-22(20)29-12-9-19(30)10-13-29/h5-8,17-19,21,23,25,30H,9-16H2,1-4H3,(H,28,31)/t18-,21-,23-,25+,27-/m1/s1. The number of piperidine rings is 1. The molecule has 32 heavy (non-hydrogen) atoms. The van der Waals surface area contributed by atoms with Crippen LogP contribution < -0.4 is 10.2 Å². The lowest BCUT2D eigenvalue weighted by atomic mass is 9.58. The first-order valence-electron chi connectivity index (χ1n) is 12.7. The summed E-state index contributed by atoms with van der Waals surface area (Å²) in [6.45, 7) is 11.3. The highest BCUT2D eigenvalue weighted by atomic mass is 16.5. The maximum Gasteiger partial charge on any atom is 0.222 e. The van der Waals surface area contributed by atoms with Crippen molar-refractivity contribution in [3.8, 4) is 0 Å². The third kappa shape index (κ3) is 3.38. The van der Waals surface area contributed by atoms with Crippen molar-refractivity contribution in [2.75, 3.05) is 24.6 Å². The third-order valence-corrected chi connectivity index (χ3v) is 9.36. The molecular weight excluding hydrogens is 400 g/mol. The van der Waals surface area contributed by atoms with E-state index in [9.17, 15) is 9.90 Å². The molecule has 2 saturated heterocycles. The van der Waals surface area contributed by atoms with E-state index in [2.05, 4.69) is 48.3 Å². The number of benzene rings is 1. The zero-order valence-electron chi connectivity index (χ0n) is 20.1. The predicted molar refractivity (Wildman–Crippen MR) is 126 cm³/mol. The zero-order chi connectivity index (χ0) is 22.7. The van der Waals surface area contributed by atoms with E-state index in [1.807, 2.05) is 13.8 Å². The molecule has 2 aliphatic heterocycles. The van der Waals surface area contributed by atoms with Crippen molar-refractivity contribution in [2.24, 2.45) is 28.6 Å². The number of hydrogen-bond acceptors (Lipinski definition) is 4. The molecule has 2 saturated carbocycles. The van der Waals surface area contributed by atoms with E-state index in [-0.39, 0.29) is 40.9 Å². The summed E-state index contributed by atoms with van der Waals surface area (Å²) >= 11 is 0. The maximum atomic E-state index is 12.8. The van der Waals surface area contributed by atoms with E-state index in [0.29, 0.717) is 11.8 Å². The summed E-state index contributed by atoms with van der Waals surface area (Å²) in [5.41, 5.74) is 2.80. The minimum atomic E-state index is -0.175. The van der Waals surface area contributed by atoms with Crippen LogP contribution in [-0.2, 0) is 9.53 Å². The van der Waals surface area contributed by atoms with Crippen LogP contribution in [0, 0.1) is 28.6 Å². The summed E-state index contributed by atoms with van der Waals surface area (Å²) in [7, 11) is 0. The fraction of sp³-hybridized carbons (Fsp3) is 0.741. The number of nitrogens with one attached hydrogen (secondary N) is 1. The number of carbonyl (C=O) groups excluding carboxylic acids is 1. The number of para-hydroxylation sites is 1. The maximum absolute atomic E-state index is 12.8. The fourth-order valence-electron chi connectivity index (χ4n) is 7.53. The van der Waals surface area contributed by atoms with Gasteiger partial charge in [0, 0.05) is 42.9 Å². The van der Waals surface area contributed by atoms with Crippen LogP contribution in [0.4, 0.5) is 5.69 Å². The molecule has 2 aliphatic carbocycles. The van der Waals surface area contributed by atoms with Crippen LogP contribution in [-0.4, -0.2) is 42.9 Å². The lowest BCUT2D eigenvalue weighted by Crippen LogP contribution is -2.59. The fourth-order valence-corrected chi connectivity index (χ4v) is 7.53. The number of ether oxygens (including phenoxy) is 1. The number of nitrogens with zero attached hydrogens (tertiary/aromatic N) is 1. The Morgan fingerprint density at radius 2 is 1.94 bits per heavy atom. The molecule has 5 nitrogen and oxygen atoms in total. The zero-order valence-corrected chi connectivity index (χ0v) is 20.1. The van der Waals surface area contributed by atoms with Gasteiger partial charge >= 0.3 is 0 Å². The highest BCUT2D eigenvalue weighted by molar-refractivity contribution is 5.78. The highest BCUT2D eigenvalue weighted by Gasteiger charge is 2.68. The molecule has 5 rings (SSSR count). The Morgan fingerprint density at radius 1 is 1.22 bits per heavy atom. The van der Waals surface area contributed by atoms with E-state index >= 15 is 0 Å². The van der Waals surface area contributed by atoms with Gasteiger partial charge in [-0.05, 0) is 60.8 Å².